The molecular weight excluding hydrogens is 665 g/mol. The van der Waals surface area contributed by atoms with Gasteiger partial charge in [-0.2, -0.15) is 0 Å². The third kappa shape index (κ3) is 25.0. The van der Waals surface area contributed by atoms with Crippen molar-refractivity contribution in [3.05, 3.63) is 97.1 Å². The Balaban J connectivity index is 1.87. The molecule has 0 saturated carbocycles. The van der Waals surface area contributed by atoms with Crippen LogP contribution in [0.4, 0.5) is 0 Å². The van der Waals surface area contributed by atoms with E-state index in [2.05, 4.69) is 99.8 Å². The van der Waals surface area contributed by atoms with Gasteiger partial charge in [0.25, 0.3) is 0 Å². The first-order chi connectivity index (χ1) is 27.1. The summed E-state index contributed by atoms with van der Waals surface area (Å²) in [5, 5.41) is 0. The van der Waals surface area contributed by atoms with E-state index in [0.717, 1.165) is 25.7 Å². The smallest absolute Gasteiger partial charge is 0.0912 e. The van der Waals surface area contributed by atoms with Gasteiger partial charge in [0.05, 0.1) is 11.2 Å². The highest BCUT2D eigenvalue weighted by molar-refractivity contribution is 5.23. The number of unbranched alkanes of at least 4 members (excludes halogenated alkanes) is 28. The van der Waals surface area contributed by atoms with E-state index < -0.39 is 11.2 Å². The third-order valence-electron chi connectivity index (χ3n) is 12.2. The van der Waals surface area contributed by atoms with E-state index in [1.807, 2.05) is 0 Å². The minimum atomic E-state index is -0.420. The number of benzene rings is 2. The van der Waals surface area contributed by atoms with Gasteiger partial charge in [-0.05, 0) is 24.0 Å². The van der Waals surface area contributed by atoms with Gasteiger partial charge in [0.1, 0.15) is 0 Å². The fraction of sp³-hybridized carbons (Fsp3) is 0.704. The molecule has 2 unspecified atom stereocenters. The molecule has 0 bridgehead atoms. The second-order valence-electron chi connectivity index (χ2n) is 17.4. The first-order valence-electron chi connectivity index (χ1n) is 24.2. The summed E-state index contributed by atoms with van der Waals surface area (Å²) < 4.78 is 7.53. The lowest BCUT2D eigenvalue weighted by molar-refractivity contribution is -0.116. The fourth-order valence-electron chi connectivity index (χ4n) is 8.66. The van der Waals surface area contributed by atoms with Crippen LogP contribution in [-0.4, -0.2) is 11.2 Å². The molecular formula is C54H90O. The Labute approximate surface area is 344 Å². The standard InChI is InChI=1S/C54H90O/c1-5-9-11-13-15-17-19-21-23-25-27-29-31-33-41-47-53(7-3,49-51-43-37-35-38-44-51)55-54(8-4,50-52-45-39-36-40-46-52)48-42-34-32-30-28-26-24-22-20-18-16-14-12-10-6-2/h7-8,35-40,43-46H,3-6,9-34,41-42,47-50H2,1-2H3. The Morgan fingerprint density at radius 2 is 0.600 bits per heavy atom. The molecule has 0 fully saturated rings. The van der Waals surface area contributed by atoms with Crippen molar-refractivity contribution in [3.63, 3.8) is 0 Å². The third-order valence-corrected chi connectivity index (χ3v) is 12.2. The van der Waals surface area contributed by atoms with Crippen LogP contribution >= 0.6 is 0 Å². The Morgan fingerprint density at radius 3 is 0.836 bits per heavy atom. The molecule has 2 rings (SSSR count). The summed E-state index contributed by atoms with van der Waals surface area (Å²) in [6.07, 6.45) is 49.5. The largest absolute Gasteiger partial charge is 0.360 e. The molecule has 0 aliphatic rings. The van der Waals surface area contributed by atoms with Crippen LogP contribution in [0.15, 0.2) is 86.0 Å². The highest BCUT2D eigenvalue weighted by Gasteiger charge is 2.38. The van der Waals surface area contributed by atoms with Gasteiger partial charge in [-0.25, -0.2) is 0 Å². The maximum absolute atomic E-state index is 7.53. The van der Waals surface area contributed by atoms with Crippen molar-refractivity contribution in [1.29, 1.82) is 0 Å². The average molecular weight is 755 g/mol. The number of ether oxygens (including phenoxy) is 1. The van der Waals surface area contributed by atoms with E-state index in [0.29, 0.717) is 0 Å². The first-order valence-corrected chi connectivity index (χ1v) is 24.2. The molecule has 0 N–H and O–H groups in total. The van der Waals surface area contributed by atoms with Gasteiger partial charge in [0.2, 0.25) is 0 Å². The molecule has 2 aromatic carbocycles. The molecule has 0 radical (unpaired) electrons. The van der Waals surface area contributed by atoms with Gasteiger partial charge in [0, 0.05) is 12.8 Å². The quantitative estimate of drug-likeness (QED) is 0.0486. The first kappa shape index (κ1) is 49.0. The second kappa shape index (κ2) is 34.0. The maximum Gasteiger partial charge on any atom is 0.0912 e. The molecule has 0 amide bonds. The van der Waals surface area contributed by atoms with E-state index in [9.17, 15) is 0 Å². The summed E-state index contributed by atoms with van der Waals surface area (Å²) in [7, 11) is 0. The lowest BCUT2D eigenvalue weighted by Gasteiger charge is -2.42. The predicted molar refractivity (Wildman–Crippen MR) is 246 cm³/mol. The molecule has 0 spiro atoms. The van der Waals surface area contributed by atoms with E-state index in [-0.39, 0.29) is 0 Å². The van der Waals surface area contributed by atoms with E-state index in [4.69, 9.17) is 4.74 Å². The van der Waals surface area contributed by atoms with Crippen molar-refractivity contribution in [2.75, 3.05) is 0 Å². The zero-order valence-electron chi connectivity index (χ0n) is 36.8. The minimum absolute atomic E-state index is 0.420. The topological polar surface area (TPSA) is 9.23 Å². The number of hydrogen-bond donors (Lipinski definition) is 0. The second-order valence-corrected chi connectivity index (χ2v) is 17.4. The Morgan fingerprint density at radius 1 is 0.364 bits per heavy atom. The van der Waals surface area contributed by atoms with Crippen molar-refractivity contribution in [2.45, 2.75) is 243 Å². The monoisotopic (exact) mass is 755 g/mol. The minimum Gasteiger partial charge on any atom is -0.360 e. The molecule has 0 heterocycles. The van der Waals surface area contributed by atoms with Crippen molar-refractivity contribution >= 4 is 0 Å². The van der Waals surface area contributed by atoms with E-state index >= 15 is 0 Å². The lowest BCUT2D eigenvalue weighted by atomic mass is 9.84. The average Bonchev–Trinajstić information content (AvgIpc) is 3.21. The summed E-state index contributed by atoms with van der Waals surface area (Å²) in [6, 6.07) is 21.9. The normalized spacial score (nSPS) is 13.7. The zero-order valence-corrected chi connectivity index (χ0v) is 36.8. The summed E-state index contributed by atoms with van der Waals surface area (Å²) in [5.41, 5.74) is 1.81. The van der Waals surface area contributed by atoms with Crippen LogP contribution in [0.3, 0.4) is 0 Å². The summed E-state index contributed by atoms with van der Waals surface area (Å²) in [6.45, 7) is 13.5. The fourth-order valence-corrected chi connectivity index (χ4v) is 8.66. The molecule has 0 aromatic heterocycles. The summed E-state index contributed by atoms with van der Waals surface area (Å²) in [5.74, 6) is 0. The molecule has 0 saturated heterocycles. The van der Waals surface area contributed by atoms with Crippen molar-refractivity contribution in [2.24, 2.45) is 0 Å². The number of rotatable bonds is 40. The highest BCUT2D eigenvalue weighted by Crippen LogP contribution is 2.37. The van der Waals surface area contributed by atoms with Crippen LogP contribution in [0.5, 0.6) is 0 Å². The van der Waals surface area contributed by atoms with Crippen molar-refractivity contribution in [3.8, 4) is 0 Å². The number of hydrogen-bond acceptors (Lipinski definition) is 1. The van der Waals surface area contributed by atoms with E-state index in [1.165, 1.54) is 204 Å². The lowest BCUT2D eigenvalue weighted by Crippen LogP contribution is -2.45. The summed E-state index contributed by atoms with van der Waals surface area (Å²) >= 11 is 0. The van der Waals surface area contributed by atoms with Crippen LogP contribution in [0.25, 0.3) is 0 Å². The van der Waals surface area contributed by atoms with Crippen molar-refractivity contribution < 1.29 is 4.74 Å². The van der Waals surface area contributed by atoms with E-state index in [1.54, 1.807) is 0 Å². The van der Waals surface area contributed by atoms with Crippen LogP contribution in [0.2, 0.25) is 0 Å². The Kier molecular flexibility index (Phi) is 30.3. The molecule has 0 aliphatic heterocycles. The van der Waals surface area contributed by atoms with Gasteiger partial charge >= 0.3 is 0 Å². The SMILES string of the molecule is C=CC(CCCCCCCCCCCCCCCCC)(Cc1ccccc1)OC(C=C)(CCCCCCCCCCCCCCCCC)Cc1ccccc1. The van der Waals surface area contributed by atoms with Gasteiger partial charge in [-0.3, -0.25) is 0 Å². The van der Waals surface area contributed by atoms with Gasteiger partial charge in [0.15, 0.2) is 0 Å². The van der Waals surface area contributed by atoms with Crippen molar-refractivity contribution in [1.82, 2.24) is 0 Å². The molecule has 1 nitrogen and oxygen atoms in total. The zero-order chi connectivity index (χ0) is 39.4. The highest BCUT2D eigenvalue weighted by atomic mass is 16.5. The van der Waals surface area contributed by atoms with Crippen LogP contribution in [0.1, 0.15) is 230 Å². The van der Waals surface area contributed by atoms with Crippen LogP contribution in [0, 0.1) is 0 Å². The molecule has 2 aromatic rings. The Bertz CT molecular complexity index is 1030. The molecule has 55 heavy (non-hydrogen) atoms. The molecule has 0 aliphatic carbocycles. The molecule has 1 heteroatoms. The summed E-state index contributed by atoms with van der Waals surface area (Å²) in [4.78, 5) is 0. The predicted octanol–water partition coefficient (Wildman–Crippen LogP) is 17.9. The molecule has 312 valence electrons. The van der Waals surface area contributed by atoms with Gasteiger partial charge < -0.3 is 4.74 Å². The van der Waals surface area contributed by atoms with Crippen LogP contribution < -0.4 is 0 Å². The molecule has 2 atom stereocenters. The van der Waals surface area contributed by atoms with Crippen LogP contribution in [-0.2, 0) is 17.6 Å². The Hall–Kier alpha value is -2.12. The van der Waals surface area contributed by atoms with Gasteiger partial charge in [-0.1, -0.05) is 279 Å². The van der Waals surface area contributed by atoms with Gasteiger partial charge in [-0.15, -0.1) is 13.2 Å². The maximum atomic E-state index is 7.53.